The van der Waals surface area contributed by atoms with Gasteiger partial charge in [0.2, 0.25) is 5.91 Å². The molecule has 0 bridgehead atoms. The van der Waals surface area contributed by atoms with Crippen LogP contribution in [0.4, 0.5) is 5.69 Å². The quantitative estimate of drug-likeness (QED) is 0.706. The van der Waals surface area contributed by atoms with Crippen LogP contribution in [0.5, 0.6) is 0 Å². The molecule has 144 valence electrons. The lowest BCUT2D eigenvalue weighted by Gasteiger charge is -2.18. The number of aromatic nitrogens is 2. The zero-order valence-corrected chi connectivity index (χ0v) is 16.2. The largest absolute Gasteiger partial charge is 0.352 e. The van der Waals surface area contributed by atoms with Crippen molar-refractivity contribution in [3.8, 4) is 0 Å². The molecule has 2 atom stereocenters. The van der Waals surface area contributed by atoms with Gasteiger partial charge in [-0.2, -0.15) is 5.10 Å². The number of aryl methyl sites for hydroxylation is 1. The van der Waals surface area contributed by atoms with Crippen LogP contribution in [0.3, 0.4) is 0 Å². The lowest BCUT2D eigenvalue weighted by molar-refractivity contribution is -0.119. The normalized spacial score (nSPS) is 19.1. The fraction of sp³-hybridized carbons (Fsp3) is 0.421. The third-order valence-corrected chi connectivity index (χ3v) is 4.96. The van der Waals surface area contributed by atoms with Gasteiger partial charge in [0.1, 0.15) is 0 Å². The molecule has 2 aromatic rings. The molecule has 8 heteroatoms. The minimum absolute atomic E-state index is 0.0373. The summed E-state index contributed by atoms with van der Waals surface area (Å²) in [5.74, 6) is -0.576. The van der Waals surface area contributed by atoms with Crippen molar-refractivity contribution in [2.75, 3.05) is 25.0 Å². The molecule has 0 unspecified atom stereocenters. The summed E-state index contributed by atoms with van der Waals surface area (Å²) in [6, 6.07) is 4.89. The van der Waals surface area contributed by atoms with E-state index in [2.05, 4.69) is 21.0 Å². The Kier molecular flexibility index (Phi) is 6.13. The number of nitrogens with zero attached hydrogens (tertiary/aromatic N) is 2. The van der Waals surface area contributed by atoms with Crippen molar-refractivity contribution < 1.29 is 9.59 Å². The van der Waals surface area contributed by atoms with E-state index in [1.54, 1.807) is 29.1 Å². The second kappa shape index (κ2) is 8.54. The highest BCUT2D eigenvalue weighted by molar-refractivity contribution is 6.31. The maximum atomic E-state index is 13.0. The van der Waals surface area contributed by atoms with Crippen LogP contribution in [0.15, 0.2) is 30.6 Å². The molecule has 1 aliphatic rings. The molecule has 0 spiro atoms. The Morgan fingerprint density at radius 2 is 2.19 bits per heavy atom. The van der Waals surface area contributed by atoms with Gasteiger partial charge in [-0.25, -0.2) is 0 Å². The van der Waals surface area contributed by atoms with Gasteiger partial charge in [0.05, 0.1) is 23.4 Å². The van der Waals surface area contributed by atoms with Crippen LogP contribution in [0, 0.1) is 5.92 Å². The summed E-state index contributed by atoms with van der Waals surface area (Å²) in [7, 11) is 1.86. The molecule has 2 amide bonds. The van der Waals surface area contributed by atoms with E-state index in [-0.39, 0.29) is 23.7 Å². The second-order valence-electron chi connectivity index (χ2n) is 6.75. The summed E-state index contributed by atoms with van der Waals surface area (Å²) in [4.78, 5) is 25.4. The predicted octanol–water partition coefficient (Wildman–Crippen LogP) is 2.16. The Hall–Kier alpha value is -2.38. The zero-order chi connectivity index (χ0) is 19.4. The Morgan fingerprint density at radius 1 is 1.37 bits per heavy atom. The molecule has 7 nitrogen and oxygen atoms in total. The van der Waals surface area contributed by atoms with Crippen molar-refractivity contribution in [1.29, 1.82) is 0 Å². The molecule has 1 aliphatic heterocycles. The third-order valence-electron chi connectivity index (χ3n) is 4.72. The van der Waals surface area contributed by atoms with Crippen molar-refractivity contribution in [1.82, 2.24) is 20.4 Å². The lowest BCUT2D eigenvalue weighted by atomic mass is 9.90. The van der Waals surface area contributed by atoms with Crippen molar-refractivity contribution >= 4 is 29.1 Å². The Morgan fingerprint density at radius 3 is 2.89 bits per heavy atom. The van der Waals surface area contributed by atoms with Crippen LogP contribution >= 0.6 is 11.6 Å². The van der Waals surface area contributed by atoms with Crippen molar-refractivity contribution in [2.45, 2.75) is 19.3 Å². The number of carbonyl (C=O) groups is 2. The van der Waals surface area contributed by atoms with Crippen LogP contribution in [0.2, 0.25) is 5.02 Å². The SMILES string of the molecule is CCCNC(=O)c1ccc(Cl)cc1NC(=O)[C@H]1CNC[C@@H]1c1cnn(C)c1. The van der Waals surface area contributed by atoms with Gasteiger partial charge in [0.25, 0.3) is 5.91 Å². The van der Waals surface area contributed by atoms with E-state index in [0.29, 0.717) is 35.9 Å². The minimum atomic E-state index is -0.250. The van der Waals surface area contributed by atoms with Gasteiger partial charge in [-0.3, -0.25) is 14.3 Å². The monoisotopic (exact) mass is 389 g/mol. The number of halogens is 1. The number of hydrogen-bond donors (Lipinski definition) is 3. The average molecular weight is 390 g/mol. The van der Waals surface area contributed by atoms with E-state index in [4.69, 9.17) is 11.6 Å². The molecule has 0 saturated carbocycles. The van der Waals surface area contributed by atoms with Crippen LogP contribution in [-0.2, 0) is 11.8 Å². The molecule has 2 heterocycles. The Labute approximate surface area is 163 Å². The van der Waals surface area contributed by atoms with Gasteiger partial charge < -0.3 is 16.0 Å². The molecule has 0 radical (unpaired) electrons. The van der Waals surface area contributed by atoms with Gasteiger partial charge in [-0.1, -0.05) is 18.5 Å². The fourth-order valence-corrected chi connectivity index (χ4v) is 3.49. The summed E-state index contributed by atoms with van der Waals surface area (Å²) in [6.45, 7) is 3.84. The number of benzene rings is 1. The highest BCUT2D eigenvalue weighted by Crippen LogP contribution is 2.30. The number of amides is 2. The average Bonchev–Trinajstić information content (AvgIpc) is 3.28. The molecule has 3 N–H and O–H groups in total. The van der Waals surface area contributed by atoms with E-state index in [1.807, 2.05) is 20.2 Å². The van der Waals surface area contributed by atoms with E-state index in [0.717, 1.165) is 12.0 Å². The molecule has 3 rings (SSSR count). The van der Waals surface area contributed by atoms with Gasteiger partial charge in [-0.15, -0.1) is 0 Å². The molecular weight excluding hydrogens is 366 g/mol. The summed E-state index contributed by atoms with van der Waals surface area (Å²) in [5, 5.41) is 13.7. The summed E-state index contributed by atoms with van der Waals surface area (Å²) in [5.41, 5.74) is 1.86. The highest BCUT2D eigenvalue weighted by Gasteiger charge is 2.35. The first kappa shape index (κ1) is 19.4. The van der Waals surface area contributed by atoms with E-state index >= 15 is 0 Å². The molecular formula is C19H24ClN5O2. The maximum Gasteiger partial charge on any atom is 0.253 e. The van der Waals surface area contributed by atoms with Gasteiger partial charge in [0.15, 0.2) is 0 Å². The lowest BCUT2D eigenvalue weighted by Crippen LogP contribution is -2.30. The van der Waals surface area contributed by atoms with Crippen molar-refractivity contribution in [2.24, 2.45) is 13.0 Å². The molecule has 1 saturated heterocycles. The van der Waals surface area contributed by atoms with E-state index < -0.39 is 0 Å². The van der Waals surface area contributed by atoms with E-state index in [9.17, 15) is 9.59 Å². The smallest absolute Gasteiger partial charge is 0.253 e. The molecule has 1 aromatic carbocycles. The molecule has 27 heavy (non-hydrogen) atoms. The van der Waals surface area contributed by atoms with Gasteiger partial charge in [-0.05, 0) is 30.2 Å². The third kappa shape index (κ3) is 4.48. The maximum absolute atomic E-state index is 13.0. The van der Waals surface area contributed by atoms with Crippen LogP contribution in [0.25, 0.3) is 0 Å². The predicted molar refractivity (Wildman–Crippen MR) is 105 cm³/mol. The number of carbonyl (C=O) groups excluding carboxylic acids is 2. The Balaban J connectivity index is 1.79. The standard InChI is InChI=1S/C19H24ClN5O2/c1-3-6-22-18(26)14-5-4-13(20)7-17(14)24-19(27)16-10-21-9-15(16)12-8-23-25(2)11-12/h4-5,7-8,11,15-16,21H,3,6,9-10H2,1-2H3,(H,22,26)(H,24,27)/t15-,16+/m1/s1. The second-order valence-corrected chi connectivity index (χ2v) is 7.19. The first-order chi connectivity index (χ1) is 13.0. The number of anilines is 1. The zero-order valence-electron chi connectivity index (χ0n) is 15.5. The summed E-state index contributed by atoms with van der Waals surface area (Å²) >= 11 is 6.09. The number of rotatable bonds is 6. The topological polar surface area (TPSA) is 88.1 Å². The first-order valence-corrected chi connectivity index (χ1v) is 9.45. The number of hydrogen-bond acceptors (Lipinski definition) is 4. The minimum Gasteiger partial charge on any atom is -0.352 e. The van der Waals surface area contributed by atoms with E-state index in [1.165, 1.54) is 0 Å². The van der Waals surface area contributed by atoms with Crippen molar-refractivity contribution in [3.05, 3.63) is 46.7 Å². The van der Waals surface area contributed by atoms with Gasteiger partial charge in [0, 0.05) is 43.8 Å². The van der Waals surface area contributed by atoms with Crippen molar-refractivity contribution in [3.63, 3.8) is 0 Å². The fourth-order valence-electron chi connectivity index (χ4n) is 3.31. The van der Waals surface area contributed by atoms with Crippen LogP contribution < -0.4 is 16.0 Å². The molecule has 0 aliphatic carbocycles. The summed E-state index contributed by atoms with van der Waals surface area (Å²) in [6.07, 6.45) is 4.56. The summed E-state index contributed by atoms with van der Waals surface area (Å²) < 4.78 is 1.73. The first-order valence-electron chi connectivity index (χ1n) is 9.07. The van der Waals surface area contributed by atoms with Crippen LogP contribution in [-0.4, -0.2) is 41.2 Å². The highest BCUT2D eigenvalue weighted by atomic mass is 35.5. The molecule has 1 fully saturated rings. The van der Waals surface area contributed by atoms with Gasteiger partial charge >= 0.3 is 0 Å². The Bertz CT molecular complexity index is 835. The number of nitrogens with one attached hydrogen (secondary N) is 3. The van der Waals surface area contributed by atoms with Crippen LogP contribution in [0.1, 0.15) is 35.2 Å². The molecule has 1 aromatic heterocycles.